The summed E-state index contributed by atoms with van der Waals surface area (Å²) in [5.74, 6) is 0. The van der Waals surface area contributed by atoms with Gasteiger partial charge in [-0.2, -0.15) is 0 Å². The van der Waals surface area contributed by atoms with Gasteiger partial charge in [-0.1, -0.05) is 82.7 Å². The summed E-state index contributed by atoms with van der Waals surface area (Å²) in [5.41, 5.74) is 5.02. The maximum atomic E-state index is 6.47. The molecule has 0 N–H and O–H groups in total. The molecule has 0 atom stereocenters. The third-order valence-electron chi connectivity index (χ3n) is 6.30. The van der Waals surface area contributed by atoms with E-state index in [1.807, 2.05) is 23.5 Å². The van der Waals surface area contributed by atoms with E-state index < -0.39 is 0 Å². The van der Waals surface area contributed by atoms with E-state index >= 15 is 0 Å². The van der Waals surface area contributed by atoms with Crippen molar-refractivity contribution in [2.75, 3.05) is 4.90 Å². The van der Waals surface area contributed by atoms with E-state index in [4.69, 9.17) is 4.42 Å². The summed E-state index contributed by atoms with van der Waals surface area (Å²) in [6.45, 7) is 0. The van der Waals surface area contributed by atoms with Gasteiger partial charge in [0.25, 0.3) is 0 Å². The molecule has 34 heavy (non-hydrogen) atoms. The van der Waals surface area contributed by atoms with Crippen molar-refractivity contribution in [2.24, 2.45) is 0 Å². The molecule has 0 fully saturated rings. The third kappa shape index (κ3) is 2.99. The summed E-state index contributed by atoms with van der Waals surface area (Å²) in [6, 6.07) is 38.3. The fraction of sp³-hybridized carbons (Fsp3) is 0. The van der Waals surface area contributed by atoms with Crippen LogP contribution >= 0.6 is 27.3 Å². The van der Waals surface area contributed by atoms with Gasteiger partial charge in [0.15, 0.2) is 5.58 Å². The molecule has 0 unspecified atom stereocenters. The summed E-state index contributed by atoms with van der Waals surface area (Å²) in [5, 5.41) is 4.79. The zero-order valence-electron chi connectivity index (χ0n) is 18.0. The number of hydrogen-bond donors (Lipinski definition) is 0. The zero-order chi connectivity index (χ0) is 22.6. The molecule has 5 aromatic carbocycles. The molecule has 0 amide bonds. The lowest BCUT2D eigenvalue weighted by molar-refractivity contribution is 0.669. The number of benzene rings is 5. The Morgan fingerprint density at radius 3 is 2.24 bits per heavy atom. The van der Waals surface area contributed by atoms with Gasteiger partial charge in [-0.3, -0.25) is 0 Å². The fourth-order valence-electron chi connectivity index (χ4n) is 4.83. The van der Waals surface area contributed by atoms with Crippen molar-refractivity contribution in [3.63, 3.8) is 0 Å². The third-order valence-corrected chi connectivity index (χ3v) is 7.97. The van der Waals surface area contributed by atoms with Gasteiger partial charge in [0.05, 0.1) is 16.1 Å². The van der Waals surface area contributed by atoms with E-state index in [0.29, 0.717) is 0 Å². The predicted molar refractivity (Wildman–Crippen MR) is 149 cm³/mol. The summed E-state index contributed by atoms with van der Waals surface area (Å²) in [7, 11) is 0. The molecule has 0 radical (unpaired) electrons. The molecular weight excluding hydrogens is 502 g/mol. The van der Waals surface area contributed by atoms with Gasteiger partial charge in [-0.25, -0.2) is 0 Å². The molecule has 7 rings (SSSR count). The van der Waals surface area contributed by atoms with Gasteiger partial charge in [0.1, 0.15) is 5.58 Å². The molecule has 0 bridgehead atoms. The Hall–Kier alpha value is -3.60. The zero-order valence-corrected chi connectivity index (χ0v) is 20.4. The molecule has 7 aromatic rings. The lowest BCUT2D eigenvalue weighted by Gasteiger charge is -2.26. The number of furan rings is 1. The first kappa shape index (κ1) is 19.8. The van der Waals surface area contributed by atoms with E-state index in [2.05, 4.69) is 118 Å². The van der Waals surface area contributed by atoms with Crippen molar-refractivity contribution in [3.8, 4) is 0 Å². The highest BCUT2D eigenvalue weighted by atomic mass is 79.9. The second-order valence-corrected chi connectivity index (χ2v) is 10.3. The van der Waals surface area contributed by atoms with E-state index in [1.165, 1.54) is 20.2 Å². The molecule has 2 heterocycles. The SMILES string of the molecule is Brc1cc(N(c2ccccc2)c2cccc3c2sc2ccccc23)c2oc3ccccc3c2c1. The minimum Gasteiger partial charge on any atom is -0.454 e. The quantitative estimate of drug-likeness (QED) is 0.230. The van der Waals surface area contributed by atoms with Crippen molar-refractivity contribution < 1.29 is 4.42 Å². The van der Waals surface area contributed by atoms with Gasteiger partial charge >= 0.3 is 0 Å². The van der Waals surface area contributed by atoms with Crippen LogP contribution in [0.3, 0.4) is 0 Å². The lowest BCUT2D eigenvalue weighted by Crippen LogP contribution is -2.10. The minimum atomic E-state index is 0.881. The second kappa shape index (κ2) is 7.73. The highest BCUT2D eigenvalue weighted by Crippen LogP contribution is 2.48. The Morgan fingerprint density at radius 1 is 0.618 bits per heavy atom. The standard InChI is InChI=1S/C30H18BrNOS/c31-19-17-24-21-11-4-6-15-27(21)33-29(24)26(18-19)32(20-9-2-1-3-10-20)25-14-8-13-23-22-12-5-7-16-28(22)34-30(23)25/h1-18H. The Balaban J connectivity index is 1.60. The average Bonchev–Trinajstić information content (AvgIpc) is 3.44. The van der Waals surface area contributed by atoms with Crippen molar-refractivity contribution >= 4 is 86.4 Å². The van der Waals surface area contributed by atoms with Gasteiger partial charge in [0, 0.05) is 36.4 Å². The van der Waals surface area contributed by atoms with Crippen molar-refractivity contribution in [1.29, 1.82) is 0 Å². The van der Waals surface area contributed by atoms with Crippen LogP contribution in [0.25, 0.3) is 42.1 Å². The highest BCUT2D eigenvalue weighted by molar-refractivity contribution is 9.10. The molecule has 0 aliphatic carbocycles. The Labute approximate surface area is 208 Å². The van der Waals surface area contributed by atoms with Crippen molar-refractivity contribution in [1.82, 2.24) is 0 Å². The maximum Gasteiger partial charge on any atom is 0.159 e. The van der Waals surface area contributed by atoms with E-state index in [9.17, 15) is 0 Å². The number of rotatable bonds is 3. The maximum absolute atomic E-state index is 6.47. The van der Waals surface area contributed by atoms with Gasteiger partial charge in [0.2, 0.25) is 0 Å². The smallest absolute Gasteiger partial charge is 0.159 e. The fourth-order valence-corrected chi connectivity index (χ4v) is 6.49. The van der Waals surface area contributed by atoms with Crippen molar-refractivity contribution in [2.45, 2.75) is 0 Å². The molecule has 162 valence electrons. The highest BCUT2D eigenvalue weighted by Gasteiger charge is 2.22. The number of thiophene rings is 1. The molecule has 2 aromatic heterocycles. The molecule has 0 saturated carbocycles. The first-order valence-corrected chi connectivity index (χ1v) is 12.7. The number of para-hydroxylation sites is 2. The number of halogens is 1. The van der Waals surface area contributed by atoms with Crippen LogP contribution in [0.1, 0.15) is 0 Å². The van der Waals surface area contributed by atoms with Crippen molar-refractivity contribution in [3.05, 3.63) is 114 Å². The van der Waals surface area contributed by atoms with Gasteiger partial charge < -0.3 is 9.32 Å². The van der Waals surface area contributed by atoms with E-state index in [0.717, 1.165) is 43.5 Å². The number of fused-ring (bicyclic) bond motifs is 6. The number of hydrogen-bond acceptors (Lipinski definition) is 3. The summed E-state index contributed by atoms with van der Waals surface area (Å²) < 4.78 is 10.0. The first-order valence-electron chi connectivity index (χ1n) is 11.1. The first-order chi connectivity index (χ1) is 16.8. The van der Waals surface area contributed by atoms with E-state index in [-0.39, 0.29) is 0 Å². The minimum absolute atomic E-state index is 0.881. The summed E-state index contributed by atoms with van der Waals surface area (Å²) in [6.07, 6.45) is 0. The topological polar surface area (TPSA) is 16.4 Å². The predicted octanol–water partition coefficient (Wildman–Crippen LogP) is 10.2. The van der Waals surface area contributed by atoms with Crippen LogP contribution in [-0.2, 0) is 0 Å². The van der Waals surface area contributed by atoms with Gasteiger partial charge in [-0.05, 0) is 42.5 Å². The van der Waals surface area contributed by atoms with E-state index in [1.54, 1.807) is 0 Å². The summed E-state index contributed by atoms with van der Waals surface area (Å²) in [4.78, 5) is 2.33. The monoisotopic (exact) mass is 519 g/mol. The molecule has 0 aliphatic rings. The number of anilines is 3. The van der Waals surface area contributed by atoms with Crippen LogP contribution in [0.5, 0.6) is 0 Å². The Kier molecular flexibility index (Phi) is 4.51. The summed E-state index contributed by atoms with van der Waals surface area (Å²) >= 11 is 5.62. The van der Waals surface area contributed by atoms with Crippen LogP contribution in [0, 0.1) is 0 Å². The number of nitrogens with zero attached hydrogens (tertiary/aromatic N) is 1. The second-order valence-electron chi connectivity index (χ2n) is 8.32. The molecule has 0 aliphatic heterocycles. The lowest BCUT2D eigenvalue weighted by atomic mass is 10.1. The van der Waals surface area contributed by atoms with Crippen LogP contribution in [-0.4, -0.2) is 0 Å². The molecule has 0 spiro atoms. The van der Waals surface area contributed by atoms with Crippen LogP contribution < -0.4 is 4.90 Å². The van der Waals surface area contributed by atoms with Crippen LogP contribution in [0.2, 0.25) is 0 Å². The molecular formula is C30H18BrNOS. The molecule has 0 saturated heterocycles. The Morgan fingerprint density at radius 2 is 1.35 bits per heavy atom. The normalized spacial score (nSPS) is 11.7. The Bertz CT molecular complexity index is 1830. The molecule has 4 heteroatoms. The largest absolute Gasteiger partial charge is 0.454 e. The van der Waals surface area contributed by atoms with Gasteiger partial charge in [-0.15, -0.1) is 11.3 Å². The molecule has 2 nitrogen and oxygen atoms in total. The van der Waals surface area contributed by atoms with Crippen LogP contribution in [0.15, 0.2) is 118 Å². The van der Waals surface area contributed by atoms with Crippen LogP contribution in [0.4, 0.5) is 17.1 Å². The average molecular weight is 520 g/mol.